The molecule has 4 nitrogen and oxygen atoms in total. The highest BCUT2D eigenvalue weighted by molar-refractivity contribution is 6.10. The van der Waals surface area contributed by atoms with Crippen LogP contribution in [-0.2, 0) is 0 Å². The molecule has 0 atom stereocenters. The largest absolute Gasteiger partial charge is 0.294 e. The van der Waals surface area contributed by atoms with E-state index in [0.29, 0.717) is 0 Å². The Bertz CT molecular complexity index is 1780. The van der Waals surface area contributed by atoms with Crippen molar-refractivity contribution in [2.75, 3.05) is 0 Å². The number of hydrogen-bond acceptors (Lipinski definition) is 2. The summed E-state index contributed by atoms with van der Waals surface area (Å²) in [4.78, 5) is 9.43. The first-order valence-electron chi connectivity index (χ1n) is 11.1. The van der Waals surface area contributed by atoms with Crippen molar-refractivity contribution in [3.8, 4) is 11.6 Å². The summed E-state index contributed by atoms with van der Waals surface area (Å²) >= 11 is 0. The lowest BCUT2D eigenvalue weighted by Gasteiger charge is -2.11. The molecule has 0 fully saturated rings. The molecule has 7 rings (SSSR count). The first-order chi connectivity index (χ1) is 16.3. The van der Waals surface area contributed by atoms with E-state index in [9.17, 15) is 0 Å². The molecule has 0 bridgehead atoms. The van der Waals surface area contributed by atoms with E-state index < -0.39 is 0 Å². The molecule has 0 aliphatic heterocycles. The minimum Gasteiger partial charge on any atom is -0.294 e. The summed E-state index contributed by atoms with van der Waals surface area (Å²) in [5, 5.41) is 4.90. The Hall–Kier alpha value is -4.44. The molecule has 156 valence electrons. The van der Waals surface area contributed by atoms with E-state index in [4.69, 9.17) is 9.97 Å². The molecule has 0 N–H and O–H groups in total. The van der Waals surface area contributed by atoms with Crippen molar-refractivity contribution in [1.29, 1.82) is 0 Å². The lowest BCUT2D eigenvalue weighted by molar-refractivity contribution is 0.986. The quantitative estimate of drug-likeness (QED) is 0.300. The maximum Gasteiger partial charge on any atom is 0.143 e. The Morgan fingerprint density at radius 3 is 1.48 bits per heavy atom. The standard InChI is InChI=1S/C29H20N4/c1-19-14-15-23-22-10-4-7-13-26(22)33(27(23)16-19)29-17-28(30-18-31-29)32-24-11-5-2-8-20(24)21-9-3-6-12-25(21)32/h2-18H,1H3. The molecule has 0 aliphatic rings. The van der Waals surface area contributed by atoms with Gasteiger partial charge in [0.2, 0.25) is 0 Å². The third kappa shape index (κ3) is 2.58. The summed E-state index contributed by atoms with van der Waals surface area (Å²) in [5.41, 5.74) is 5.80. The van der Waals surface area contributed by atoms with Crippen LogP contribution in [0.4, 0.5) is 0 Å². The third-order valence-electron chi connectivity index (χ3n) is 6.51. The van der Waals surface area contributed by atoms with E-state index in [1.54, 1.807) is 6.33 Å². The zero-order valence-corrected chi connectivity index (χ0v) is 18.1. The number of aromatic nitrogens is 4. The Morgan fingerprint density at radius 1 is 0.485 bits per heavy atom. The van der Waals surface area contributed by atoms with Gasteiger partial charge in [-0.3, -0.25) is 9.13 Å². The van der Waals surface area contributed by atoms with Gasteiger partial charge in [0.15, 0.2) is 0 Å². The maximum absolute atomic E-state index is 4.72. The summed E-state index contributed by atoms with van der Waals surface area (Å²) in [6.07, 6.45) is 1.67. The van der Waals surface area contributed by atoms with E-state index in [1.165, 1.54) is 27.1 Å². The van der Waals surface area contributed by atoms with Crippen LogP contribution < -0.4 is 0 Å². The van der Waals surface area contributed by atoms with Crippen molar-refractivity contribution in [2.24, 2.45) is 0 Å². The second-order valence-electron chi connectivity index (χ2n) is 8.48. The van der Waals surface area contributed by atoms with E-state index in [-0.39, 0.29) is 0 Å². The number of para-hydroxylation sites is 3. The molecule has 0 unspecified atom stereocenters. The zero-order chi connectivity index (χ0) is 21.9. The van der Waals surface area contributed by atoms with Gasteiger partial charge in [-0.15, -0.1) is 0 Å². The summed E-state index contributed by atoms with van der Waals surface area (Å²) in [6.45, 7) is 2.13. The molecule has 0 amide bonds. The van der Waals surface area contributed by atoms with E-state index >= 15 is 0 Å². The van der Waals surface area contributed by atoms with Crippen molar-refractivity contribution < 1.29 is 0 Å². The van der Waals surface area contributed by atoms with Crippen molar-refractivity contribution >= 4 is 43.6 Å². The number of hydrogen-bond donors (Lipinski definition) is 0. The smallest absolute Gasteiger partial charge is 0.143 e. The van der Waals surface area contributed by atoms with Crippen molar-refractivity contribution in [3.63, 3.8) is 0 Å². The van der Waals surface area contributed by atoms with E-state index in [0.717, 1.165) is 33.7 Å². The van der Waals surface area contributed by atoms with Crippen LogP contribution in [0.5, 0.6) is 0 Å². The van der Waals surface area contributed by atoms with Gasteiger partial charge in [0.1, 0.15) is 18.0 Å². The SMILES string of the molecule is Cc1ccc2c3ccccc3n(-c3cc(-n4c5ccccc5c5ccccc54)ncn3)c2c1. The van der Waals surface area contributed by atoms with Gasteiger partial charge in [0.25, 0.3) is 0 Å². The van der Waals surface area contributed by atoms with Crippen molar-refractivity contribution in [3.05, 3.63) is 109 Å². The fourth-order valence-electron chi connectivity index (χ4n) is 5.08. The summed E-state index contributed by atoms with van der Waals surface area (Å²) in [5.74, 6) is 1.72. The first-order valence-corrected chi connectivity index (χ1v) is 11.1. The van der Waals surface area contributed by atoms with Crippen LogP contribution >= 0.6 is 0 Å². The molecule has 3 heterocycles. The molecule has 3 aromatic heterocycles. The fourth-order valence-corrected chi connectivity index (χ4v) is 5.08. The Labute approximate surface area is 190 Å². The van der Waals surface area contributed by atoms with Gasteiger partial charge < -0.3 is 0 Å². The molecule has 7 aromatic rings. The molecule has 4 heteroatoms. The van der Waals surface area contributed by atoms with Crippen LogP contribution in [-0.4, -0.2) is 19.1 Å². The number of fused-ring (bicyclic) bond motifs is 6. The van der Waals surface area contributed by atoms with Gasteiger partial charge in [-0.2, -0.15) is 0 Å². The van der Waals surface area contributed by atoms with E-state index in [1.807, 2.05) is 0 Å². The second-order valence-corrected chi connectivity index (χ2v) is 8.48. The number of aryl methyl sites for hydroxylation is 1. The maximum atomic E-state index is 4.72. The summed E-state index contributed by atoms with van der Waals surface area (Å²) < 4.78 is 4.48. The van der Waals surface area contributed by atoms with Gasteiger partial charge in [-0.25, -0.2) is 9.97 Å². The highest BCUT2D eigenvalue weighted by atomic mass is 15.1. The van der Waals surface area contributed by atoms with E-state index in [2.05, 4.69) is 113 Å². The topological polar surface area (TPSA) is 35.6 Å². The van der Waals surface area contributed by atoms with Crippen molar-refractivity contribution in [2.45, 2.75) is 6.92 Å². The summed E-state index contributed by atoms with van der Waals surface area (Å²) in [7, 11) is 0. The Kier molecular flexibility index (Phi) is 3.73. The molecular weight excluding hydrogens is 404 g/mol. The number of rotatable bonds is 2. The highest BCUT2D eigenvalue weighted by Gasteiger charge is 2.16. The van der Waals surface area contributed by atoms with Crippen LogP contribution in [0.2, 0.25) is 0 Å². The zero-order valence-electron chi connectivity index (χ0n) is 18.1. The molecule has 33 heavy (non-hydrogen) atoms. The predicted octanol–water partition coefficient (Wildman–Crippen LogP) is 6.98. The van der Waals surface area contributed by atoms with Gasteiger partial charge in [-0.05, 0) is 36.8 Å². The fraction of sp³-hybridized carbons (Fsp3) is 0.0345. The second kappa shape index (κ2) is 6.78. The number of nitrogens with zero attached hydrogens (tertiary/aromatic N) is 4. The third-order valence-corrected chi connectivity index (χ3v) is 6.51. The molecule has 4 aromatic carbocycles. The van der Waals surface area contributed by atoms with Crippen LogP contribution in [0.3, 0.4) is 0 Å². The van der Waals surface area contributed by atoms with Crippen LogP contribution in [0.15, 0.2) is 103 Å². The normalized spacial score (nSPS) is 11.8. The van der Waals surface area contributed by atoms with Crippen molar-refractivity contribution in [1.82, 2.24) is 19.1 Å². The molecule has 0 saturated heterocycles. The predicted molar refractivity (Wildman–Crippen MR) is 135 cm³/mol. The van der Waals surface area contributed by atoms with Crippen LogP contribution in [0.25, 0.3) is 55.2 Å². The molecule has 0 radical (unpaired) electrons. The minimum atomic E-state index is 0.857. The van der Waals surface area contributed by atoms with Crippen LogP contribution in [0.1, 0.15) is 5.56 Å². The minimum absolute atomic E-state index is 0.857. The lowest BCUT2D eigenvalue weighted by Crippen LogP contribution is -2.03. The van der Waals surface area contributed by atoms with Crippen LogP contribution in [0, 0.1) is 6.92 Å². The van der Waals surface area contributed by atoms with Gasteiger partial charge in [-0.1, -0.05) is 66.7 Å². The Balaban J connectivity index is 1.56. The Morgan fingerprint density at radius 2 is 0.939 bits per heavy atom. The monoisotopic (exact) mass is 424 g/mol. The molecule has 0 aliphatic carbocycles. The lowest BCUT2D eigenvalue weighted by atomic mass is 10.1. The summed E-state index contributed by atoms with van der Waals surface area (Å²) in [6, 6.07) is 34.2. The number of benzene rings is 4. The molecular formula is C29H20N4. The average molecular weight is 425 g/mol. The molecule has 0 spiro atoms. The first kappa shape index (κ1) is 18.2. The average Bonchev–Trinajstić information content (AvgIpc) is 3.37. The molecule has 0 saturated carbocycles. The van der Waals surface area contributed by atoms with Gasteiger partial charge in [0, 0.05) is 27.6 Å². The van der Waals surface area contributed by atoms with Gasteiger partial charge >= 0.3 is 0 Å². The van der Waals surface area contributed by atoms with Gasteiger partial charge in [0.05, 0.1) is 22.1 Å². The highest BCUT2D eigenvalue weighted by Crippen LogP contribution is 2.34.